The third-order valence-electron chi connectivity index (χ3n) is 4.57. The fourth-order valence-electron chi connectivity index (χ4n) is 3.12. The highest BCUT2D eigenvalue weighted by atomic mass is 127. The molecule has 1 aromatic heterocycles. The van der Waals surface area contributed by atoms with Gasteiger partial charge in [0.25, 0.3) is 0 Å². The van der Waals surface area contributed by atoms with Gasteiger partial charge in [0, 0.05) is 42.4 Å². The van der Waals surface area contributed by atoms with Crippen molar-refractivity contribution < 1.29 is 9.47 Å². The van der Waals surface area contributed by atoms with Crippen LogP contribution in [-0.4, -0.2) is 38.8 Å². The van der Waals surface area contributed by atoms with Gasteiger partial charge >= 0.3 is 0 Å². The second-order valence-electron chi connectivity index (χ2n) is 6.26. The van der Waals surface area contributed by atoms with E-state index in [1.165, 1.54) is 22.0 Å². The van der Waals surface area contributed by atoms with Gasteiger partial charge in [-0.25, -0.2) is 0 Å². The zero-order valence-corrected chi connectivity index (χ0v) is 19.0. The molecule has 0 saturated heterocycles. The van der Waals surface area contributed by atoms with Crippen molar-refractivity contribution in [1.82, 2.24) is 10.3 Å². The zero-order valence-electron chi connectivity index (χ0n) is 16.6. The number of para-hydroxylation sites is 1. The Hall–Kier alpha value is -2.42. The number of aromatic amines is 1. The number of halogens is 1. The lowest BCUT2D eigenvalue weighted by atomic mass is 10.1. The standard InChI is InChI=1S/C21H26N4O2.HI/c1-14-6-5-7-17-15(13-24-20(14)17)10-11-23-21(22-2)25-16-8-9-18(26-3)19(12-16)27-4;/h5-9,12-13,24H,10-11H2,1-4H3,(H2,22,23,25);1H. The maximum absolute atomic E-state index is 5.34. The quantitative estimate of drug-likeness (QED) is 0.271. The molecule has 0 saturated carbocycles. The van der Waals surface area contributed by atoms with E-state index in [9.17, 15) is 0 Å². The molecule has 28 heavy (non-hydrogen) atoms. The molecular formula is C21H27IN4O2. The smallest absolute Gasteiger partial charge is 0.195 e. The summed E-state index contributed by atoms with van der Waals surface area (Å²) in [5.74, 6) is 2.07. The first-order valence-electron chi connectivity index (χ1n) is 8.91. The first kappa shape index (κ1) is 21.9. The molecule has 0 unspecified atom stereocenters. The second kappa shape index (κ2) is 10.2. The van der Waals surface area contributed by atoms with E-state index in [1.807, 2.05) is 18.2 Å². The molecular weight excluding hydrogens is 467 g/mol. The van der Waals surface area contributed by atoms with Gasteiger partial charge in [-0.2, -0.15) is 0 Å². The van der Waals surface area contributed by atoms with Crippen LogP contribution in [0, 0.1) is 6.92 Å². The summed E-state index contributed by atoms with van der Waals surface area (Å²) in [5, 5.41) is 7.91. The number of methoxy groups -OCH3 is 2. The van der Waals surface area contributed by atoms with E-state index in [-0.39, 0.29) is 24.0 Å². The summed E-state index contributed by atoms with van der Waals surface area (Å²) >= 11 is 0. The molecule has 0 fully saturated rings. The second-order valence-corrected chi connectivity index (χ2v) is 6.26. The van der Waals surface area contributed by atoms with E-state index in [2.05, 4.69) is 51.9 Å². The van der Waals surface area contributed by atoms with Crippen molar-refractivity contribution in [3.63, 3.8) is 0 Å². The van der Waals surface area contributed by atoms with E-state index in [1.54, 1.807) is 21.3 Å². The lowest BCUT2D eigenvalue weighted by molar-refractivity contribution is 0.355. The SMILES string of the molecule is CN=C(NCCc1c[nH]c2c(C)cccc12)Nc1ccc(OC)c(OC)c1.I. The van der Waals surface area contributed by atoms with Crippen molar-refractivity contribution >= 4 is 46.5 Å². The number of hydrogen-bond acceptors (Lipinski definition) is 3. The number of nitrogens with zero attached hydrogens (tertiary/aromatic N) is 1. The fraction of sp³-hybridized carbons (Fsp3) is 0.286. The Balaban J connectivity index is 0.00000280. The summed E-state index contributed by atoms with van der Waals surface area (Å²) in [5.41, 5.74) is 4.64. The average Bonchev–Trinajstić information content (AvgIpc) is 3.11. The summed E-state index contributed by atoms with van der Waals surface area (Å²) in [6, 6.07) is 12.0. The largest absolute Gasteiger partial charge is 0.493 e. The first-order chi connectivity index (χ1) is 13.2. The maximum Gasteiger partial charge on any atom is 0.195 e. The number of hydrogen-bond donors (Lipinski definition) is 3. The molecule has 150 valence electrons. The minimum absolute atomic E-state index is 0. The highest BCUT2D eigenvalue weighted by Gasteiger charge is 2.08. The molecule has 3 aromatic rings. The number of aryl methyl sites for hydroxylation is 1. The van der Waals surface area contributed by atoms with Crippen LogP contribution in [0.3, 0.4) is 0 Å². The molecule has 3 N–H and O–H groups in total. The van der Waals surface area contributed by atoms with Gasteiger partial charge in [-0.15, -0.1) is 24.0 Å². The van der Waals surface area contributed by atoms with Gasteiger partial charge < -0.3 is 25.1 Å². The summed E-state index contributed by atoms with van der Waals surface area (Å²) in [7, 11) is 5.00. The zero-order chi connectivity index (χ0) is 19.2. The van der Waals surface area contributed by atoms with Crippen molar-refractivity contribution in [2.24, 2.45) is 4.99 Å². The molecule has 0 aliphatic carbocycles. The molecule has 0 aliphatic heterocycles. The lowest BCUT2D eigenvalue weighted by Crippen LogP contribution is -2.32. The molecule has 0 spiro atoms. The number of H-pyrrole nitrogens is 1. The molecule has 0 radical (unpaired) electrons. The van der Waals surface area contributed by atoms with E-state index >= 15 is 0 Å². The Kier molecular flexibility index (Phi) is 7.98. The van der Waals surface area contributed by atoms with Crippen LogP contribution in [0.5, 0.6) is 11.5 Å². The molecule has 0 amide bonds. The minimum Gasteiger partial charge on any atom is -0.493 e. The van der Waals surface area contributed by atoms with Crippen LogP contribution in [0.25, 0.3) is 10.9 Å². The molecule has 0 aliphatic rings. The number of fused-ring (bicyclic) bond motifs is 1. The number of anilines is 1. The molecule has 6 nitrogen and oxygen atoms in total. The van der Waals surface area contributed by atoms with Crippen molar-refractivity contribution in [2.75, 3.05) is 33.1 Å². The molecule has 1 heterocycles. The Bertz CT molecular complexity index is 953. The summed E-state index contributed by atoms with van der Waals surface area (Å²) in [6.45, 7) is 2.89. The Morgan fingerprint density at radius 2 is 1.89 bits per heavy atom. The Morgan fingerprint density at radius 3 is 2.61 bits per heavy atom. The number of guanidine groups is 1. The van der Waals surface area contributed by atoms with Gasteiger partial charge in [0.05, 0.1) is 14.2 Å². The van der Waals surface area contributed by atoms with Gasteiger partial charge in [-0.1, -0.05) is 18.2 Å². The van der Waals surface area contributed by atoms with E-state index < -0.39 is 0 Å². The van der Waals surface area contributed by atoms with Crippen LogP contribution < -0.4 is 20.1 Å². The summed E-state index contributed by atoms with van der Waals surface area (Å²) < 4.78 is 10.6. The van der Waals surface area contributed by atoms with Crippen LogP contribution in [0.1, 0.15) is 11.1 Å². The van der Waals surface area contributed by atoms with Gasteiger partial charge in [0.2, 0.25) is 0 Å². The minimum atomic E-state index is 0. The van der Waals surface area contributed by atoms with Gasteiger partial charge in [-0.05, 0) is 36.6 Å². The van der Waals surface area contributed by atoms with E-state index in [0.717, 1.165) is 18.7 Å². The van der Waals surface area contributed by atoms with Crippen molar-refractivity contribution in [2.45, 2.75) is 13.3 Å². The normalized spacial score (nSPS) is 11.1. The number of rotatable bonds is 6. The van der Waals surface area contributed by atoms with Crippen LogP contribution in [0.4, 0.5) is 5.69 Å². The molecule has 0 bridgehead atoms. The number of aromatic nitrogens is 1. The van der Waals surface area contributed by atoms with Crippen LogP contribution in [0.15, 0.2) is 47.6 Å². The molecule has 3 rings (SSSR count). The third kappa shape index (κ3) is 4.89. The van der Waals surface area contributed by atoms with Crippen LogP contribution in [0.2, 0.25) is 0 Å². The number of ether oxygens (including phenoxy) is 2. The highest BCUT2D eigenvalue weighted by molar-refractivity contribution is 14.0. The van der Waals surface area contributed by atoms with Crippen LogP contribution in [-0.2, 0) is 6.42 Å². The number of benzene rings is 2. The Labute approximate surface area is 182 Å². The fourth-order valence-corrected chi connectivity index (χ4v) is 3.12. The van der Waals surface area contributed by atoms with Gasteiger partial charge in [0.15, 0.2) is 17.5 Å². The van der Waals surface area contributed by atoms with Crippen molar-refractivity contribution in [3.05, 3.63) is 53.7 Å². The van der Waals surface area contributed by atoms with Crippen molar-refractivity contribution in [3.8, 4) is 11.5 Å². The average molecular weight is 494 g/mol. The molecule has 0 atom stereocenters. The summed E-state index contributed by atoms with van der Waals surface area (Å²) in [6.07, 6.45) is 2.99. The van der Waals surface area contributed by atoms with Gasteiger partial charge in [-0.3, -0.25) is 4.99 Å². The monoisotopic (exact) mass is 494 g/mol. The van der Waals surface area contributed by atoms with E-state index in [4.69, 9.17) is 9.47 Å². The number of aliphatic imine (C=N–C) groups is 1. The third-order valence-corrected chi connectivity index (χ3v) is 4.57. The maximum atomic E-state index is 5.34. The highest BCUT2D eigenvalue weighted by Crippen LogP contribution is 2.29. The lowest BCUT2D eigenvalue weighted by Gasteiger charge is -2.14. The predicted molar refractivity (Wildman–Crippen MR) is 127 cm³/mol. The Morgan fingerprint density at radius 1 is 1.11 bits per heavy atom. The topological polar surface area (TPSA) is 70.7 Å². The number of nitrogens with one attached hydrogen (secondary N) is 3. The van der Waals surface area contributed by atoms with Crippen molar-refractivity contribution in [1.29, 1.82) is 0 Å². The van der Waals surface area contributed by atoms with E-state index in [0.29, 0.717) is 17.5 Å². The first-order valence-corrected chi connectivity index (χ1v) is 8.91. The van der Waals surface area contributed by atoms with Gasteiger partial charge in [0.1, 0.15) is 0 Å². The van der Waals surface area contributed by atoms with Crippen LogP contribution >= 0.6 is 24.0 Å². The molecule has 2 aromatic carbocycles. The summed E-state index contributed by atoms with van der Waals surface area (Å²) in [4.78, 5) is 7.66. The predicted octanol–water partition coefficient (Wildman–Crippen LogP) is 4.34. The molecule has 7 heteroatoms.